The molecule has 1 aliphatic carbocycles. The first-order valence-electron chi connectivity index (χ1n) is 11.7. The molecular weight excluding hydrogens is 439 g/mol. The monoisotopic (exact) mass is 469 g/mol. The molecule has 0 unspecified atom stereocenters. The average molecular weight is 470 g/mol. The highest BCUT2D eigenvalue weighted by molar-refractivity contribution is 5.83. The largest absolute Gasteiger partial charge is 0.497 e. The third-order valence-electron chi connectivity index (χ3n) is 6.73. The van der Waals surface area contributed by atoms with Crippen molar-refractivity contribution < 1.29 is 17.9 Å². The van der Waals surface area contributed by atoms with Gasteiger partial charge in [0.05, 0.1) is 18.8 Å². The topological polar surface area (TPSA) is 60.2 Å². The number of methoxy groups -OCH3 is 1. The molecule has 1 aromatic heterocycles. The zero-order valence-corrected chi connectivity index (χ0v) is 19.2. The van der Waals surface area contributed by atoms with Crippen LogP contribution in [0.25, 0.3) is 17.0 Å². The highest BCUT2D eigenvalue weighted by Crippen LogP contribution is 2.30. The van der Waals surface area contributed by atoms with Gasteiger partial charge in [0.15, 0.2) is 0 Å². The number of pyridine rings is 1. The Morgan fingerprint density at radius 3 is 2.65 bits per heavy atom. The predicted octanol–water partition coefficient (Wildman–Crippen LogP) is 5.39. The van der Waals surface area contributed by atoms with Gasteiger partial charge < -0.3 is 15.8 Å². The van der Waals surface area contributed by atoms with Gasteiger partial charge in [-0.3, -0.25) is 4.98 Å². The van der Waals surface area contributed by atoms with E-state index < -0.39 is 11.6 Å². The SMILES string of the molecule is COc1ccc2ncc(F)c(C[C@H](N)[C@H]3CC[C@H](NCC=Cc4cc(F)ccc4F)CC3)c2c1. The predicted molar refractivity (Wildman–Crippen MR) is 129 cm³/mol. The van der Waals surface area contributed by atoms with Crippen LogP contribution in [0.1, 0.15) is 36.8 Å². The maximum Gasteiger partial charge on any atom is 0.145 e. The van der Waals surface area contributed by atoms with E-state index in [9.17, 15) is 13.2 Å². The molecule has 0 saturated heterocycles. The molecule has 180 valence electrons. The smallest absolute Gasteiger partial charge is 0.145 e. The maximum absolute atomic E-state index is 14.7. The van der Waals surface area contributed by atoms with Crippen LogP contribution in [0.15, 0.2) is 48.7 Å². The highest BCUT2D eigenvalue weighted by Gasteiger charge is 2.26. The van der Waals surface area contributed by atoms with Crippen LogP contribution in [0, 0.1) is 23.4 Å². The van der Waals surface area contributed by atoms with Crippen molar-refractivity contribution in [2.75, 3.05) is 13.7 Å². The Hall–Kier alpha value is -2.90. The van der Waals surface area contributed by atoms with Crippen molar-refractivity contribution in [1.29, 1.82) is 0 Å². The van der Waals surface area contributed by atoms with Crippen LogP contribution in [0.4, 0.5) is 13.2 Å². The molecule has 7 heteroatoms. The lowest BCUT2D eigenvalue weighted by Gasteiger charge is -2.32. The summed E-state index contributed by atoms with van der Waals surface area (Å²) in [4.78, 5) is 4.19. The molecular formula is C27H30F3N3O. The maximum atomic E-state index is 14.7. The van der Waals surface area contributed by atoms with Gasteiger partial charge in [0.1, 0.15) is 23.2 Å². The van der Waals surface area contributed by atoms with Crippen LogP contribution in [-0.2, 0) is 6.42 Å². The van der Waals surface area contributed by atoms with E-state index in [0.717, 1.165) is 48.7 Å². The van der Waals surface area contributed by atoms with Crippen molar-refractivity contribution in [3.05, 3.63) is 77.2 Å². The van der Waals surface area contributed by atoms with Gasteiger partial charge in [-0.15, -0.1) is 0 Å². The Balaban J connectivity index is 1.30. The molecule has 1 atom stereocenters. The van der Waals surface area contributed by atoms with Crippen LogP contribution in [-0.4, -0.2) is 30.7 Å². The van der Waals surface area contributed by atoms with Crippen LogP contribution < -0.4 is 15.8 Å². The molecule has 2 aromatic carbocycles. The van der Waals surface area contributed by atoms with Gasteiger partial charge in [-0.2, -0.15) is 0 Å². The molecule has 3 N–H and O–H groups in total. The second kappa shape index (κ2) is 11.0. The Bertz CT molecular complexity index is 1160. The summed E-state index contributed by atoms with van der Waals surface area (Å²) in [7, 11) is 1.58. The summed E-state index contributed by atoms with van der Waals surface area (Å²) in [6.07, 6.45) is 8.95. The number of nitrogens with zero attached hydrogens (tertiary/aromatic N) is 1. The molecule has 34 heavy (non-hydrogen) atoms. The number of fused-ring (bicyclic) bond motifs is 1. The second-order valence-corrected chi connectivity index (χ2v) is 8.92. The van der Waals surface area contributed by atoms with Gasteiger partial charge in [-0.1, -0.05) is 12.2 Å². The Labute approximate surface area is 198 Å². The zero-order valence-electron chi connectivity index (χ0n) is 19.2. The number of hydrogen-bond donors (Lipinski definition) is 2. The average Bonchev–Trinajstić information content (AvgIpc) is 2.85. The van der Waals surface area contributed by atoms with E-state index in [0.29, 0.717) is 36.2 Å². The summed E-state index contributed by atoms with van der Waals surface area (Å²) in [5, 5.41) is 4.20. The Morgan fingerprint density at radius 2 is 1.88 bits per heavy atom. The molecule has 1 fully saturated rings. The van der Waals surface area contributed by atoms with Crippen molar-refractivity contribution in [1.82, 2.24) is 10.3 Å². The quantitative estimate of drug-likeness (QED) is 0.464. The first kappa shape index (κ1) is 24.2. The van der Waals surface area contributed by atoms with Crippen LogP contribution in [0.5, 0.6) is 5.75 Å². The fourth-order valence-electron chi connectivity index (χ4n) is 4.75. The normalized spacial score (nSPS) is 19.6. The molecule has 1 saturated carbocycles. The molecule has 1 heterocycles. The van der Waals surface area contributed by atoms with Crippen molar-refractivity contribution in [2.45, 2.75) is 44.2 Å². The molecule has 0 radical (unpaired) electrons. The van der Waals surface area contributed by atoms with Crippen LogP contribution in [0.3, 0.4) is 0 Å². The number of halogens is 3. The third kappa shape index (κ3) is 5.77. The number of benzene rings is 2. The third-order valence-corrected chi connectivity index (χ3v) is 6.73. The zero-order chi connectivity index (χ0) is 24.1. The molecule has 0 spiro atoms. The lowest BCUT2D eigenvalue weighted by Crippen LogP contribution is -2.40. The first-order chi connectivity index (χ1) is 16.4. The van der Waals surface area contributed by atoms with E-state index in [4.69, 9.17) is 10.5 Å². The van der Waals surface area contributed by atoms with E-state index in [1.165, 1.54) is 12.3 Å². The minimum absolute atomic E-state index is 0.150. The number of rotatable bonds is 8. The van der Waals surface area contributed by atoms with E-state index in [1.807, 2.05) is 18.2 Å². The number of nitrogens with two attached hydrogens (primary N) is 1. The summed E-state index contributed by atoms with van der Waals surface area (Å²) in [6.45, 7) is 0.577. The fourth-order valence-corrected chi connectivity index (χ4v) is 4.75. The highest BCUT2D eigenvalue weighted by atomic mass is 19.1. The molecule has 3 aromatic rings. The van der Waals surface area contributed by atoms with E-state index in [-0.39, 0.29) is 17.4 Å². The Kier molecular flexibility index (Phi) is 7.85. The van der Waals surface area contributed by atoms with E-state index in [1.54, 1.807) is 19.3 Å². The van der Waals surface area contributed by atoms with Gasteiger partial charge in [0.2, 0.25) is 0 Å². The summed E-state index contributed by atoms with van der Waals surface area (Å²) in [5.41, 5.74) is 8.11. The number of aromatic nitrogens is 1. The second-order valence-electron chi connectivity index (χ2n) is 8.92. The molecule has 0 aliphatic heterocycles. The van der Waals surface area contributed by atoms with Crippen molar-refractivity contribution in [3.8, 4) is 5.75 Å². The fraction of sp³-hybridized carbons (Fsp3) is 0.370. The summed E-state index contributed by atoms with van der Waals surface area (Å²) < 4.78 is 46.9. The number of hydrogen-bond acceptors (Lipinski definition) is 4. The van der Waals surface area contributed by atoms with Crippen molar-refractivity contribution in [3.63, 3.8) is 0 Å². The molecule has 0 bridgehead atoms. The van der Waals surface area contributed by atoms with Crippen molar-refractivity contribution >= 4 is 17.0 Å². The lowest BCUT2D eigenvalue weighted by molar-refractivity contribution is 0.260. The summed E-state index contributed by atoms with van der Waals surface area (Å²) >= 11 is 0. The first-order valence-corrected chi connectivity index (χ1v) is 11.7. The molecule has 4 nitrogen and oxygen atoms in total. The Morgan fingerprint density at radius 1 is 1.09 bits per heavy atom. The summed E-state index contributed by atoms with van der Waals surface area (Å²) in [6, 6.07) is 9.07. The minimum atomic E-state index is -0.456. The molecule has 1 aliphatic rings. The van der Waals surface area contributed by atoms with Crippen molar-refractivity contribution in [2.24, 2.45) is 11.7 Å². The number of nitrogens with one attached hydrogen (secondary N) is 1. The van der Waals surface area contributed by atoms with Gasteiger partial charge in [-0.25, -0.2) is 13.2 Å². The van der Waals surface area contributed by atoms with Crippen LogP contribution >= 0.6 is 0 Å². The molecule has 4 rings (SSSR count). The van der Waals surface area contributed by atoms with Gasteiger partial charge >= 0.3 is 0 Å². The van der Waals surface area contributed by atoms with E-state index in [2.05, 4.69) is 10.3 Å². The van der Waals surface area contributed by atoms with E-state index >= 15 is 0 Å². The van der Waals surface area contributed by atoms with Gasteiger partial charge in [0, 0.05) is 35.1 Å². The number of ether oxygens (including phenoxy) is 1. The van der Waals surface area contributed by atoms with Gasteiger partial charge in [0.25, 0.3) is 0 Å². The summed E-state index contributed by atoms with van der Waals surface area (Å²) in [5.74, 6) is -0.266. The molecule has 0 amide bonds. The van der Waals surface area contributed by atoms with Gasteiger partial charge in [-0.05, 0) is 74.4 Å². The standard InChI is InChI=1S/C27H30F3N3O/c1-34-21-9-11-27-23(14-21)22(25(30)16-33-27)15-26(31)17-4-7-20(8-5-17)32-12-2-3-18-13-19(28)6-10-24(18)29/h2-3,6,9-11,13-14,16-17,20,26,32H,4-5,7-8,12,15,31H2,1H3/t17-,20-,26-/m0/s1. The lowest BCUT2D eigenvalue weighted by atomic mass is 9.79. The van der Waals surface area contributed by atoms with Crippen LogP contribution in [0.2, 0.25) is 0 Å². The minimum Gasteiger partial charge on any atom is -0.497 e.